The van der Waals surface area contributed by atoms with Crippen LogP contribution in [-0.4, -0.2) is 16.1 Å². The van der Waals surface area contributed by atoms with E-state index in [1.54, 1.807) is 6.07 Å². The molecule has 1 aromatic heterocycles. The van der Waals surface area contributed by atoms with Gasteiger partial charge in [0.25, 0.3) is 5.91 Å². The number of nitrogens with zero attached hydrogens (tertiary/aromatic N) is 1. The first-order valence-electron chi connectivity index (χ1n) is 6.62. The Bertz CT molecular complexity index is 696. The molecular formula is C14H14ClFN4O. The number of aromatic amines is 1. The van der Waals surface area contributed by atoms with Crippen molar-refractivity contribution in [1.29, 1.82) is 0 Å². The Kier molecular flexibility index (Phi) is 3.55. The van der Waals surface area contributed by atoms with E-state index in [4.69, 9.17) is 17.3 Å². The third-order valence-electron chi connectivity index (χ3n) is 3.47. The van der Waals surface area contributed by atoms with E-state index in [0.717, 1.165) is 18.5 Å². The first-order valence-corrected chi connectivity index (χ1v) is 7.00. The van der Waals surface area contributed by atoms with Crippen molar-refractivity contribution < 1.29 is 9.18 Å². The highest BCUT2D eigenvalue weighted by molar-refractivity contribution is 6.30. The number of carbonyl (C=O) groups excluding carboxylic acids is 1. The minimum atomic E-state index is -0.489. The summed E-state index contributed by atoms with van der Waals surface area (Å²) >= 11 is 5.69. The van der Waals surface area contributed by atoms with Crippen molar-refractivity contribution in [3.63, 3.8) is 0 Å². The summed E-state index contributed by atoms with van der Waals surface area (Å²) in [5.41, 5.74) is 8.08. The molecule has 110 valence electrons. The highest BCUT2D eigenvalue weighted by Gasteiger charge is 2.30. The summed E-state index contributed by atoms with van der Waals surface area (Å²) in [4.78, 5) is 12.1. The van der Waals surface area contributed by atoms with E-state index in [1.807, 2.05) is 0 Å². The number of benzene rings is 1. The molecule has 1 aromatic carbocycles. The minimum absolute atomic E-state index is 0.0250. The van der Waals surface area contributed by atoms with E-state index in [2.05, 4.69) is 15.5 Å². The predicted molar refractivity (Wildman–Crippen MR) is 77.6 cm³/mol. The van der Waals surface area contributed by atoms with Gasteiger partial charge in [0.05, 0.1) is 16.4 Å². The average molecular weight is 309 g/mol. The number of hydrogen-bond acceptors (Lipinski definition) is 3. The first-order chi connectivity index (χ1) is 10.1. The lowest BCUT2D eigenvalue weighted by Gasteiger charge is -2.05. The van der Waals surface area contributed by atoms with Crippen molar-refractivity contribution in [2.24, 2.45) is 0 Å². The van der Waals surface area contributed by atoms with Gasteiger partial charge in [-0.2, -0.15) is 5.10 Å². The van der Waals surface area contributed by atoms with Crippen LogP contribution in [0.15, 0.2) is 18.2 Å². The molecule has 5 nitrogen and oxygen atoms in total. The smallest absolute Gasteiger partial charge is 0.274 e. The van der Waals surface area contributed by atoms with Gasteiger partial charge < -0.3 is 11.1 Å². The van der Waals surface area contributed by atoms with Gasteiger partial charge in [0.1, 0.15) is 5.82 Å². The zero-order chi connectivity index (χ0) is 15.0. The molecular weight excluding hydrogens is 295 g/mol. The summed E-state index contributed by atoms with van der Waals surface area (Å²) in [6.45, 7) is 0.226. The lowest BCUT2D eigenvalue weighted by molar-refractivity contribution is 0.0947. The Labute approximate surface area is 125 Å². The maximum atomic E-state index is 13.0. The minimum Gasteiger partial charge on any atom is -0.395 e. The Hall–Kier alpha value is -2.08. The average Bonchev–Trinajstić information content (AvgIpc) is 3.23. The largest absolute Gasteiger partial charge is 0.395 e. The molecule has 1 aliphatic carbocycles. The van der Waals surface area contributed by atoms with Crippen molar-refractivity contribution in [2.45, 2.75) is 25.3 Å². The number of anilines is 1. The topological polar surface area (TPSA) is 83.8 Å². The number of nitrogens with one attached hydrogen (secondary N) is 2. The number of nitrogens with two attached hydrogens (primary N) is 1. The number of rotatable bonds is 4. The quantitative estimate of drug-likeness (QED) is 0.811. The second kappa shape index (κ2) is 5.37. The molecule has 0 saturated heterocycles. The molecule has 0 atom stereocenters. The Morgan fingerprint density at radius 2 is 2.29 bits per heavy atom. The molecule has 0 aliphatic heterocycles. The maximum absolute atomic E-state index is 13.0. The highest BCUT2D eigenvalue weighted by atomic mass is 35.5. The number of hydrogen-bond donors (Lipinski definition) is 3. The maximum Gasteiger partial charge on any atom is 0.274 e. The zero-order valence-electron chi connectivity index (χ0n) is 11.1. The van der Waals surface area contributed by atoms with Gasteiger partial charge in [0, 0.05) is 12.5 Å². The monoisotopic (exact) mass is 308 g/mol. The Morgan fingerprint density at radius 1 is 1.52 bits per heavy atom. The molecule has 0 radical (unpaired) electrons. The van der Waals surface area contributed by atoms with Gasteiger partial charge in [-0.25, -0.2) is 4.39 Å². The zero-order valence-corrected chi connectivity index (χ0v) is 11.9. The Balaban J connectivity index is 1.67. The van der Waals surface area contributed by atoms with Crippen molar-refractivity contribution in [1.82, 2.24) is 15.5 Å². The molecule has 1 fully saturated rings. The fraction of sp³-hybridized carbons (Fsp3) is 0.286. The van der Waals surface area contributed by atoms with E-state index in [1.165, 1.54) is 12.1 Å². The molecule has 21 heavy (non-hydrogen) atoms. The summed E-state index contributed by atoms with van der Waals surface area (Å²) < 4.78 is 13.0. The lowest BCUT2D eigenvalue weighted by Crippen LogP contribution is -2.24. The van der Waals surface area contributed by atoms with Crippen LogP contribution in [0.4, 0.5) is 10.1 Å². The molecule has 1 heterocycles. The number of halogens is 2. The normalized spacial score (nSPS) is 14.2. The fourth-order valence-corrected chi connectivity index (χ4v) is 2.34. The summed E-state index contributed by atoms with van der Waals surface area (Å²) in [6.07, 6.45) is 2.14. The highest BCUT2D eigenvalue weighted by Crippen LogP contribution is 2.42. The van der Waals surface area contributed by atoms with Crippen LogP contribution >= 0.6 is 11.6 Å². The van der Waals surface area contributed by atoms with Crippen molar-refractivity contribution in [3.05, 3.63) is 46.0 Å². The molecule has 7 heteroatoms. The number of carbonyl (C=O) groups is 1. The van der Waals surface area contributed by atoms with E-state index in [0.29, 0.717) is 17.2 Å². The first kappa shape index (κ1) is 13.9. The third kappa shape index (κ3) is 2.85. The van der Waals surface area contributed by atoms with Crippen molar-refractivity contribution >= 4 is 23.2 Å². The van der Waals surface area contributed by atoms with E-state index in [-0.39, 0.29) is 23.2 Å². The van der Waals surface area contributed by atoms with Gasteiger partial charge in [-0.15, -0.1) is 0 Å². The summed E-state index contributed by atoms with van der Waals surface area (Å²) in [5, 5.41) is 9.52. The van der Waals surface area contributed by atoms with Crippen LogP contribution in [0.3, 0.4) is 0 Å². The van der Waals surface area contributed by atoms with Crippen LogP contribution in [0.25, 0.3) is 0 Å². The van der Waals surface area contributed by atoms with E-state index in [9.17, 15) is 9.18 Å². The molecule has 1 aliphatic rings. The second-order valence-corrected chi connectivity index (χ2v) is 5.51. The molecule has 0 bridgehead atoms. The summed E-state index contributed by atoms with van der Waals surface area (Å²) in [7, 11) is 0. The third-order valence-corrected chi connectivity index (χ3v) is 3.76. The van der Waals surface area contributed by atoms with Crippen LogP contribution in [0.2, 0.25) is 5.02 Å². The SMILES string of the molecule is Nc1c(C(=O)NCc2ccc(F)c(Cl)c2)n[nH]c1C1CC1. The number of nitrogen functional groups attached to an aromatic ring is 1. The standard InChI is InChI=1S/C14H14ClFN4O/c15-9-5-7(1-4-10(9)16)6-18-14(21)13-11(17)12(19-20-13)8-2-3-8/h1,4-5,8H,2-3,6,17H2,(H,18,21)(H,19,20). The molecule has 0 spiro atoms. The molecule has 4 N–H and O–H groups in total. The van der Waals surface area contributed by atoms with Crippen LogP contribution in [0.5, 0.6) is 0 Å². The number of H-pyrrole nitrogens is 1. The van der Waals surface area contributed by atoms with Gasteiger partial charge in [-0.05, 0) is 30.5 Å². The van der Waals surface area contributed by atoms with Gasteiger partial charge >= 0.3 is 0 Å². The molecule has 1 amide bonds. The van der Waals surface area contributed by atoms with Gasteiger partial charge in [0.2, 0.25) is 0 Å². The summed E-state index contributed by atoms with van der Waals surface area (Å²) in [6, 6.07) is 4.30. The van der Waals surface area contributed by atoms with Crippen molar-refractivity contribution in [2.75, 3.05) is 5.73 Å². The van der Waals surface area contributed by atoms with Crippen LogP contribution in [-0.2, 0) is 6.54 Å². The summed E-state index contributed by atoms with van der Waals surface area (Å²) in [5.74, 6) is -0.455. The number of aromatic nitrogens is 2. The number of amides is 1. The second-order valence-electron chi connectivity index (χ2n) is 5.10. The van der Waals surface area contributed by atoms with Gasteiger partial charge in [0.15, 0.2) is 5.69 Å². The molecule has 3 rings (SSSR count). The van der Waals surface area contributed by atoms with Crippen molar-refractivity contribution in [3.8, 4) is 0 Å². The van der Waals surface area contributed by atoms with Crippen LogP contribution in [0.1, 0.15) is 40.5 Å². The van der Waals surface area contributed by atoms with Gasteiger partial charge in [-0.1, -0.05) is 17.7 Å². The van der Waals surface area contributed by atoms with E-state index >= 15 is 0 Å². The molecule has 0 unspecified atom stereocenters. The lowest BCUT2D eigenvalue weighted by atomic mass is 10.2. The van der Waals surface area contributed by atoms with Crippen LogP contribution < -0.4 is 11.1 Å². The van der Waals surface area contributed by atoms with E-state index < -0.39 is 5.82 Å². The Morgan fingerprint density at radius 3 is 2.95 bits per heavy atom. The molecule has 1 saturated carbocycles. The van der Waals surface area contributed by atoms with Crippen LogP contribution in [0, 0.1) is 5.82 Å². The fourth-order valence-electron chi connectivity index (χ4n) is 2.14. The predicted octanol–water partition coefficient (Wildman–Crippen LogP) is 2.59. The van der Waals surface area contributed by atoms with Gasteiger partial charge in [-0.3, -0.25) is 9.89 Å². The molecule has 2 aromatic rings.